The van der Waals surface area contributed by atoms with Crippen molar-refractivity contribution in [2.24, 2.45) is 5.92 Å². The molecule has 2 atom stereocenters. The third-order valence-corrected chi connectivity index (χ3v) is 1.93. The van der Waals surface area contributed by atoms with Crippen molar-refractivity contribution < 1.29 is 15.0 Å². The summed E-state index contributed by atoms with van der Waals surface area (Å²) in [7, 11) is 0. The van der Waals surface area contributed by atoms with E-state index >= 15 is 0 Å². The van der Waals surface area contributed by atoms with Crippen LogP contribution in [0.2, 0.25) is 0 Å². The molecule has 0 aromatic rings. The van der Waals surface area contributed by atoms with Crippen molar-refractivity contribution in [2.75, 3.05) is 0 Å². The first-order chi connectivity index (χ1) is 5.99. The van der Waals surface area contributed by atoms with E-state index in [1.807, 2.05) is 6.92 Å². The Balaban J connectivity index is 4.23. The number of hydrogen-bond acceptors (Lipinski definition) is 2. The fourth-order valence-electron chi connectivity index (χ4n) is 1.26. The van der Waals surface area contributed by atoms with Gasteiger partial charge in [0.25, 0.3) is 0 Å². The number of hydrogen-bond donors (Lipinski definition) is 2. The second kappa shape index (κ2) is 5.75. The molecular formula is C10H18O3. The lowest BCUT2D eigenvalue weighted by molar-refractivity contribution is -0.145. The van der Waals surface area contributed by atoms with E-state index in [0.717, 1.165) is 12.0 Å². The van der Waals surface area contributed by atoms with E-state index in [1.54, 1.807) is 6.92 Å². The predicted octanol–water partition coefficient (Wildman–Crippen LogP) is 1.81. The third kappa shape index (κ3) is 4.68. The highest BCUT2D eigenvalue weighted by Gasteiger charge is 2.25. The Morgan fingerprint density at radius 3 is 2.38 bits per heavy atom. The number of carboxylic acids is 1. The van der Waals surface area contributed by atoms with E-state index in [-0.39, 0.29) is 0 Å². The Hall–Kier alpha value is -0.830. The number of aliphatic carboxylic acids is 1. The van der Waals surface area contributed by atoms with E-state index in [4.69, 9.17) is 5.11 Å². The third-order valence-electron chi connectivity index (χ3n) is 1.93. The maximum atomic E-state index is 10.8. The molecule has 3 nitrogen and oxygen atoms in total. The van der Waals surface area contributed by atoms with Crippen molar-refractivity contribution in [3.8, 4) is 0 Å². The van der Waals surface area contributed by atoms with Gasteiger partial charge in [-0.15, -0.1) is 6.58 Å². The Morgan fingerprint density at radius 1 is 1.54 bits per heavy atom. The summed E-state index contributed by atoms with van der Waals surface area (Å²) in [6.07, 6.45) is 0.932. The van der Waals surface area contributed by atoms with Crippen LogP contribution in [-0.4, -0.2) is 22.3 Å². The van der Waals surface area contributed by atoms with Gasteiger partial charge in [0.1, 0.15) is 0 Å². The van der Waals surface area contributed by atoms with E-state index < -0.39 is 18.0 Å². The molecule has 0 aliphatic carbocycles. The van der Waals surface area contributed by atoms with Crippen LogP contribution in [0.25, 0.3) is 0 Å². The van der Waals surface area contributed by atoms with Gasteiger partial charge in [-0.25, -0.2) is 0 Å². The van der Waals surface area contributed by atoms with E-state index in [2.05, 4.69) is 6.58 Å². The number of carbonyl (C=O) groups is 1. The minimum atomic E-state index is -0.941. The van der Waals surface area contributed by atoms with Gasteiger partial charge in [-0.05, 0) is 19.8 Å². The minimum Gasteiger partial charge on any atom is -0.481 e. The Kier molecular flexibility index (Phi) is 5.39. The highest BCUT2D eigenvalue weighted by molar-refractivity contribution is 5.71. The van der Waals surface area contributed by atoms with Crippen LogP contribution >= 0.6 is 0 Å². The van der Waals surface area contributed by atoms with Gasteiger partial charge in [0.15, 0.2) is 0 Å². The molecule has 0 bridgehead atoms. The molecule has 0 rings (SSSR count). The van der Waals surface area contributed by atoms with Crippen molar-refractivity contribution in [3.63, 3.8) is 0 Å². The monoisotopic (exact) mass is 186 g/mol. The topological polar surface area (TPSA) is 57.5 Å². The number of aliphatic hydroxyl groups excluding tert-OH is 1. The molecule has 0 heterocycles. The molecule has 0 aliphatic rings. The van der Waals surface area contributed by atoms with Crippen LogP contribution < -0.4 is 0 Å². The number of allylic oxidation sites excluding steroid dienone is 1. The molecule has 0 radical (unpaired) electrons. The summed E-state index contributed by atoms with van der Waals surface area (Å²) >= 11 is 0. The molecule has 13 heavy (non-hydrogen) atoms. The Labute approximate surface area is 79.1 Å². The number of rotatable bonds is 6. The molecular weight excluding hydrogens is 168 g/mol. The largest absolute Gasteiger partial charge is 0.481 e. The number of aliphatic hydroxyl groups is 1. The average Bonchev–Trinajstić information content (AvgIpc) is 1.99. The van der Waals surface area contributed by atoms with Crippen molar-refractivity contribution in [1.82, 2.24) is 0 Å². The molecule has 2 N–H and O–H groups in total. The van der Waals surface area contributed by atoms with E-state index in [1.165, 1.54) is 0 Å². The second-order valence-electron chi connectivity index (χ2n) is 3.46. The first-order valence-corrected chi connectivity index (χ1v) is 4.54. The summed E-state index contributed by atoms with van der Waals surface area (Å²) in [5.41, 5.74) is 0.794. The first-order valence-electron chi connectivity index (χ1n) is 4.54. The molecule has 0 saturated carbocycles. The normalized spacial score (nSPS) is 15.0. The van der Waals surface area contributed by atoms with Gasteiger partial charge < -0.3 is 10.2 Å². The maximum absolute atomic E-state index is 10.8. The molecule has 0 aromatic heterocycles. The molecule has 0 aromatic carbocycles. The van der Waals surface area contributed by atoms with Gasteiger partial charge in [0.2, 0.25) is 0 Å². The fraction of sp³-hybridized carbons (Fsp3) is 0.700. The molecule has 0 aliphatic heterocycles. The molecule has 0 saturated heterocycles. The Morgan fingerprint density at radius 2 is 2.08 bits per heavy atom. The van der Waals surface area contributed by atoms with Gasteiger partial charge in [-0.1, -0.05) is 18.9 Å². The Bertz CT molecular complexity index is 187. The van der Waals surface area contributed by atoms with Crippen molar-refractivity contribution in [1.29, 1.82) is 0 Å². The van der Waals surface area contributed by atoms with Crippen LogP contribution in [0.5, 0.6) is 0 Å². The van der Waals surface area contributed by atoms with Gasteiger partial charge >= 0.3 is 5.97 Å². The van der Waals surface area contributed by atoms with E-state index in [9.17, 15) is 9.90 Å². The van der Waals surface area contributed by atoms with Crippen molar-refractivity contribution in [2.45, 2.75) is 39.2 Å². The zero-order chi connectivity index (χ0) is 10.4. The first kappa shape index (κ1) is 12.2. The van der Waals surface area contributed by atoms with Gasteiger partial charge in [0, 0.05) is 0 Å². The van der Waals surface area contributed by atoms with Crippen LogP contribution in [0, 0.1) is 5.92 Å². The summed E-state index contributed by atoms with van der Waals surface area (Å²) in [4.78, 5) is 10.8. The average molecular weight is 186 g/mol. The predicted molar refractivity (Wildman–Crippen MR) is 51.5 cm³/mol. The second-order valence-corrected chi connectivity index (χ2v) is 3.46. The van der Waals surface area contributed by atoms with Gasteiger partial charge in [0.05, 0.1) is 12.0 Å². The lowest BCUT2D eigenvalue weighted by atomic mass is 9.93. The quantitative estimate of drug-likeness (QED) is 0.622. The molecule has 3 heteroatoms. The summed E-state index contributed by atoms with van der Waals surface area (Å²) in [5.74, 6) is -1.64. The van der Waals surface area contributed by atoms with Crippen LogP contribution in [0.1, 0.15) is 33.1 Å². The van der Waals surface area contributed by atoms with Gasteiger partial charge in [-0.3, -0.25) is 4.79 Å². The SMILES string of the molecule is C=C(C)CC(C(=O)O)C(O)CCC. The zero-order valence-corrected chi connectivity index (χ0v) is 8.29. The van der Waals surface area contributed by atoms with E-state index in [0.29, 0.717) is 12.8 Å². The summed E-state index contributed by atoms with van der Waals surface area (Å²) < 4.78 is 0. The fourth-order valence-corrected chi connectivity index (χ4v) is 1.26. The molecule has 2 unspecified atom stereocenters. The zero-order valence-electron chi connectivity index (χ0n) is 8.29. The lowest BCUT2D eigenvalue weighted by Crippen LogP contribution is -2.28. The van der Waals surface area contributed by atoms with Crippen molar-refractivity contribution >= 4 is 5.97 Å². The van der Waals surface area contributed by atoms with Crippen LogP contribution in [0.15, 0.2) is 12.2 Å². The highest BCUT2D eigenvalue weighted by Crippen LogP contribution is 2.17. The van der Waals surface area contributed by atoms with Crippen LogP contribution in [0.4, 0.5) is 0 Å². The summed E-state index contributed by atoms with van der Waals surface area (Å²) in [5, 5.41) is 18.3. The molecule has 76 valence electrons. The minimum absolute atomic E-state index is 0.358. The maximum Gasteiger partial charge on any atom is 0.309 e. The van der Waals surface area contributed by atoms with Crippen LogP contribution in [0.3, 0.4) is 0 Å². The lowest BCUT2D eigenvalue weighted by Gasteiger charge is -2.18. The van der Waals surface area contributed by atoms with Crippen molar-refractivity contribution in [3.05, 3.63) is 12.2 Å². The van der Waals surface area contributed by atoms with Crippen LogP contribution in [-0.2, 0) is 4.79 Å². The molecule has 0 fully saturated rings. The number of carboxylic acid groups (broad SMARTS) is 1. The molecule has 0 amide bonds. The highest BCUT2D eigenvalue weighted by atomic mass is 16.4. The summed E-state index contributed by atoms with van der Waals surface area (Å²) in [6, 6.07) is 0. The smallest absolute Gasteiger partial charge is 0.309 e. The summed E-state index contributed by atoms with van der Waals surface area (Å²) in [6.45, 7) is 7.34. The standard InChI is InChI=1S/C10H18O3/c1-4-5-9(11)8(10(12)13)6-7(2)3/h8-9,11H,2,4-6H2,1,3H3,(H,12,13). The van der Waals surface area contributed by atoms with Gasteiger partial charge in [-0.2, -0.15) is 0 Å². The molecule has 0 spiro atoms.